The zero-order valence-corrected chi connectivity index (χ0v) is 12.1. The first kappa shape index (κ1) is 14.5. The first-order chi connectivity index (χ1) is 8.88. The summed E-state index contributed by atoms with van der Waals surface area (Å²) in [7, 11) is -3.23. The molecule has 0 aliphatic heterocycles. The molecule has 1 N–H and O–H groups in total. The average molecular weight is 288 g/mol. The molecule has 6 nitrogen and oxygen atoms in total. The van der Waals surface area contributed by atoms with Crippen molar-refractivity contribution >= 4 is 9.84 Å². The third kappa shape index (κ3) is 3.54. The molecular weight excluding hydrogens is 268 g/mol. The van der Waals surface area contributed by atoms with Gasteiger partial charge in [-0.1, -0.05) is 18.0 Å². The number of aromatic nitrogens is 2. The Morgan fingerprint density at radius 3 is 2.63 bits per heavy atom. The van der Waals surface area contributed by atoms with Crippen LogP contribution in [0.1, 0.15) is 49.6 Å². The third-order valence-corrected chi connectivity index (χ3v) is 5.31. The first-order valence-corrected chi connectivity index (χ1v) is 8.53. The van der Waals surface area contributed by atoms with E-state index in [9.17, 15) is 13.5 Å². The summed E-state index contributed by atoms with van der Waals surface area (Å²) in [5, 5.41) is 13.0. The molecule has 0 saturated heterocycles. The number of aliphatic hydroxyl groups is 1. The Labute approximate surface area is 113 Å². The molecule has 1 fully saturated rings. The van der Waals surface area contributed by atoms with Crippen LogP contribution in [-0.4, -0.2) is 36.0 Å². The Bertz CT molecular complexity index is 520. The van der Waals surface area contributed by atoms with Gasteiger partial charge in [0.1, 0.15) is 5.25 Å². The Hall–Kier alpha value is -0.950. The van der Waals surface area contributed by atoms with E-state index in [2.05, 4.69) is 10.1 Å². The molecule has 2 unspecified atom stereocenters. The molecule has 19 heavy (non-hydrogen) atoms. The lowest BCUT2D eigenvalue weighted by Gasteiger charge is -2.14. The number of aliphatic hydroxyl groups excluding tert-OH is 1. The van der Waals surface area contributed by atoms with Gasteiger partial charge in [-0.25, -0.2) is 8.42 Å². The Balaban J connectivity index is 2.01. The minimum Gasteiger partial charge on any atom is -0.392 e. The minimum atomic E-state index is -3.23. The summed E-state index contributed by atoms with van der Waals surface area (Å²) >= 11 is 0. The van der Waals surface area contributed by atoms with Gasteiger partial charge in [-0.2, -0.15) is 4.98 Å². The molecule has 0 spiro atoms. The van der Waals surface area contributed by atoms with Crippen molar-refractivity contribution in [3.8, 4) is 0 Å². The molecule has 1 aromatic rings. The summed E-state index contributed by atoms with van der Waals surface area (Å²) in [5.41, 5.74) is 0. The topological polar surface area (TPSA) is 93.3 Å². The molecule has 1 aliphatic rings. The monoisotopic (exact) mass is 288 g/mol. The lowest BCUT2D eigenvalue weighted by Crippen LogP contribution is -2.20. The molecule has 1 saturated carbocycles. The molecule has 0 aromatic carbocycles. The summed E-state index contributed by atoms with van der Waals surface area (Å²) in [6.45, 7) is 1.53. The van der Waals surface area contributed by atoms with Crippen LogP contribution in [0.3, 0.4) is 0 Å². The molecule has 1 heterocycles. The maximum absolute atomic E-state index is 11.4. The largest absolute Gasteiger partial charge is 0.392 e. The number of nitrogens with zero attached hydrogens (tertiary/aromatic N) is 2. The van der Waals surface area contributed by atoms with E-state index in [0.29, 0.717) is 18.2 Å². The molecule has 0 amide bonds. The van der Waals surface area contributed by atoms with E-state index >= 15 is 0 Å². The van der Waals surface area contributed by atoms with E-state index in [0.717, 1.165) is 31.9 Å². The van der Waals surface area contributed by atoms with Gasteiger partial charge in [-0.15, -0.1) is 0 Å². The van der Waals surface area contributed by atoms with Crippen molar-refractivity contribution in [2.24, 2.45) is 5.92 Å². The fourth-order valence-corrected chi connectivity index (χ4v) is 2.87. The van der Waals surface area contributed by atoms with Crippen LogP contribution in [0.2, 0.25) is 0 Å². The van der Waals surface area contributed by atoms with E-state index in [1.54, 1.807) is 0 Å². The van der Waals surface area contributed by atoms with Crippen molar-refractivity contribution in [3.05, 3.63) is 11.7 Å². The third-order valence-electron chi connectivity index (χ3n) is 3.82. The number of sulfone groups is 1. The van der Waals surface area contributed by atoms with Crippen molar-refractivity contribution in [1.29, 1.82) is 0 Å². The lowest BCUT2D eigenvalue weighted by molar-refractivity contribution is 0.102. The van der Waals surface area contributed by atoms with Gasteiger partial charge < -0.3 is 9.63 Å². The smallest absolute Gasteiger partial charge is 0.229 e. The van der Waals surface area contributed by atoms with E-state index in [-0.39, 0.29) is 5.82 Å². The second-order valence-electron chi connectivity index (χ2n) is 5.33. The van der Waals surface area contributed by atoms with Gasteiger partial charge in [0, 0.05) is 6.26 Å². The van der Waals surface area contributed by atoms with Crippen LogP contribution in [0, 0.1) is 5.92 Å². The summed E-state index contributed by atoms with van der Waals surface area (Å²) in [6.07, 6.45) is 5.33. The normalized spacial score (nSPS) is 20.6. The maximum atomic E-state index is 11.4. The van der Waals surface area contributed by atoms with E-state index in [1.165, 1.54) is 6.92 Å². The summed E-state index contributed by atoms with van der Waals surface area (Å²) in [6, 6.07) is 0. The Morgan fingerprint density at radius 2 is 2.05 bits per heavy atom. The second kappa shape index (κ2) is 5.58. The highest BCUT2D eigenvalue weighted by molar-refractivity contribution is 7.90. The van der Waals surface area contributed by atoms with Crippen LogP contribution >= 0.6 is 0 Å². The second-order valence-corrected chi connectivity index (χ2v) is 7.70. The summed E-state index contributed by atoms with van der Waals surface area (Å²) < 4.78 is 27.8. The first-order valence-electron chi connectivity index (χ1n) is 6.57. The Kier molecular flexibility index (Phi) is 4.25. The number of hydrogen-bond acceptors (Lipinski definition) is 6. The van der Waals surface area contributed by atoms with Crippen molar-refractivity contribution in [2.75, 3.05) is 6.26 Å². The molecule has 0 bridgehead atoms. The fourth-order valence-electron chi connectivity index (χ4n) is 2.40. The molecule has 1 aliphatic carbocycles. The minimum absolute atomic E-state index is 0.163. The highest BCUT2D eigenvalue weighted by Crippen LogP contribution is 2.29. The van der Waals surface area contributed by atoms with Crippen LogP contribution in [-0.2, 0) is 16.3 Å². The highest BCUT2D eigenvalue weighted by Gasteiger charge is 2.27. The zero-order chi connectivity index (χ0) is 14.0. The van der Waals surface area contributed by atoms with E-state index in [1.807, 2.05) is 0 Å². The molecule has 2 rings (SSSR count). The summed E-state index contributed by atoms with van der Waals surface area (Å²) in [5.74, 6) is 0.767. The van der Waals surface area contributed by atoms with Crippen molar-refractivity contribution in [1.82, 2.24) is 10.1 Å². The van der Waals surface area contributed by atoms with Crippen LogP contribution in [0.15, 0.2) is 4.52 Å². The van der Waals surface area contributed by atoms with Gasteiger partial charge in [0.05, 0.1) is 12.5 Å². The molecule has 1 aromatic heterocycles. The van der Waals surface area contributed by atoms with Crippen LogP contribution < -0.4 is 0 Å². The van der Waals surface area contributed by atoms with Gasteiger partial charge in [0.25, 0.3) is 0 Å². The maximum Gasteiger partial charge on any atom is 0.229 e. The SMILES string of the molecule is CC(c1noc(CC(O)C2CCCC2)n1)S(C)(=O)=O. The molecule has 7 heteroatoms. The Morgan fingerprint density at radius 1 is 1.42 bits per heavy atom. The van der Waals surface area contributed by atoms with E-state index in [4.69, 9.17) is 4.52 Å². The van der Waals surface area contributed by atoms with Crippen LogP contribution in [0.4, 0.5) is 0 Å². The molecule has 0 radical (unpaired) electrons. The lowest BCUT2D eigenvalue weighted by atomic mass is 9.98. The predicted molar refractivity (Wildman–Crippen MR) is 69.2 cm³/mol. The van der Waals surface area contributed by atoms with Crippen molar-refractivity contribution in [3.63, 3.8) is 0 Å². The zero-order valence-electron chi connectivity index (χ0n) is 11.2. The number of rotatable bonds is 5. The van der Waals surface area contributed by atoms with Gasteiger partial charge >= 0.3 is 0 Å². The standard InChI is InChI=1S/C12H20N2O4S/c1-8(19(2,16)17)12-13-11(18-14-12)7-10(15)9-5-3-4-6-9/h8-10,15H,3-7H2,1-2H3. The van der Waals surface area contributed by atoms with E-state index < -0.39 is 21.2 Å². The molecule has 108 valence electrons. The highest BCUT2D eigenvalue weighted by atomic mass is 32.2. The number of hydrogen-bond donors (Lipinski definition) is 1. The predicted octanol–water partition coefficient (Wildman–Crippen LogP) is 1.27. The average Bonchev–Trinajstić information content (AvgIpc) is 2.97. The van der Waals surface area contributed by atoms with Crippen LogP contribution in [0.25, 0.3) is 0 Å². The van der Waals surface area contributed by atoms with Crippen LogP contribution in [0.5, 0.6) is 0 Å². The fraction of sp³-hybridized carbons (Fsp3) is 0.833. The van der Waals surface area contributed by atoms with Gasteiger partial charge in [0.2, 0.25) is 5.89 Å². The molecular formula is C12H20N2O4S. The van der Waals surface area contributed by atoms with Crippen molar-refractivity contribution < 1.29 is 18.0 Å². The summed E-state index contributed by atoms with van der Waals surface area (Å²) in [4.78, 5) is 4.07. The molecule has 2 atom stereocenters. The van der Waals surface area contributed by atoms with Gasteiger partial charge in [-0.3, -0.25) is 0 Å². The van der Waals surface area contributed by atoms with Gasteiger partial charge in [-0.05, 0) is 25.7 Å². The van der Waals surface area contributed by atoms with Gasteiger partial charge in [0.15, 0.2) is 15.7 Å². The quantitative estimate of drug-likeness (QED) is 0.877. The van der Waals surface area contributed by atoms with Crippen molar-refractivity contribution in [2.45, 2.75) is 50.4 Å².